The Kier molecular flexibility index (Phi) is 6.90. The number of sulfonamides is 1. The van der Waals surface area contributed by atoms with Crippen LogP contribution in [0.5, 0.6) is 0 Å². The van der Waals surface area contributed by atoms with E-state index in [2.05, 4.69) is 10.0 Å². The molecule has 0 saturated carbocycles. The van der Waals surface area contributed by atoms with Crippen molar-refractivity contribution in [3.8, 4) is 0 Å². The number of hydrogen-bond donors (Lipinski definition) is 2. The SMILES string of the molecule is CNCc1cc(S(=O)(=O)NC(C)CN(C)C)c(Cl)cc1Cl. The van der Waals surface area contributed by atoms with E-state index in [1.54, 1.807) is 14.0 Å². The van der Waals surface area contributed by atoms with Crippen LogP contribution in [0.25, 0.3) is 0 Å². The second kappa shape index (κ2) is 7.76. The maximum absolute atomic E-state index is 12.4. The smallest absolute Gasteiger partial charge is 0.242 e. The van der Waals surface area contributed by atoms with Crippen molar-refractivity contribution in [1.29, 1.82) is 0 Å². The van der Waals surface area contributed by atoms with Crippen LogP contribution in [0.2, 0.25) is 10.0 Å². The number of nitrogens with one attached hydrogen (secondary N) is 2. The zero-order chi connectivity index (χ0) is 16.2. The molecule has 0 fully saturated rings. The lowest BCUT2D eigenvalue weighted by Crippen LogP contribution is -2.39. The quantitative estimate of drug-likeness (QED) is 0.786. The summed E-state index contributed by atoms with van der Waals surface area (Å²) in [5, 5.41) is 3.50. The fraction of sp³-hybridized carbons (Fsp3) is 0.538. The van der Waals surface area contributed by atoms with Crippen molar-refractivity contribution in [2.45, 2.75) is 24.4 Å². The van der Waals surface area contributed by atoms with Gasteiger partial charge < -0.3 is 10.2 Å². The molecule has 2 N–H and O–H groups in total. The molecule has 0 spiro atoms. The molecule has 120 valence electrons. The molecule has 1 unspecified atom stereocenters. The number of benzene rings is 1. The highest BCUT2D eigenvalue weighted by atomic mass is 35.5. The molecule has 1 atom stereocenters. The lowest BCUT2D eigenvalue weighted by atomic mass is 10.2. The summed E-state index contributed by atoms with van der Waals surface area (Å²) in [4.78, 5) is 1.95. The Balaban J connectivity index is 3.10. The second-order valence-corrected chi connectivity index (χ2v) is 7.69. The van der Waals surface area contributed by atoms with Gasteiger partial charge in [0.15, 0.2) is 0 Å². The molecule has 21 heavy (non-hydrogen) atoms. The molecule has 1 rings (SSSR count). The lowest BCUT2D eigenvalue weighted by molar-refractivity contribution is 0.370. The highest BCUT2D eigenvalue weighted by Crippen LogP contribution is 2.28. The van der Waals surface area contributed by atoms with Crippen molar-refractivity contribution in [3.05, 3.63) is 27.7 Å². The maximum atomic E-state index is 12.4. The van der Waals surface area contributed by atoms with Gasteiger partial charge in [0.2, 0.25) is 10.0 Å². The van der Waals surface area contributed by atoms with E-state index in [1.807, 2.05) is 19.0 Å². The lowest BCUT2D eigenvalue weighted by Gasteiger charge is -2.19. The van der Waals surface area contributed by atoms with Crippen LogP contribution >= 0.6 is 23.2 Å². The average molecular weight is 354 g/mol. The Morgan fingerprint density at radius 1 is 1.24 bits per heavy atom. The van der Waals surface area contributed by atoms with E-state index in [4.69, 9.17) is 23.2 Å². The van der Waals surface area contributed by atoms with Gasteiger partial charge in [0.1, 0.15) is 4.90 Å². The van der Waals surface area contributed by atoms with E-state index < -0.39 is 10.0 Å². The van der Waals surface area contributed by atoms with Gasteiger partial charge in [-0.05, 0) is 45.8 Å². The van der Waals surface area contributed by atoms with Gasteiger partial charge in [0.05, 0.1) is 5.02 Å². The van der Waals surface area contributed by atoms with Gasteiger partial charge >= 0.3 is 0 Å². The minimum atomic E-state index is -3.69. The first-order valence-electron chi connectivity index (χ1n) is 6.47. The van der Waals surface area contributed by atoms with Crippen LogP contribution in [0.15, 0.2) is 17.0 Å². The van der Waals surface area contributed by atoms with Crippen molar-refractivity contribution in [2.24, 2.45) is 0 Å². The highest BCUT2D eigenvalue weighted by Gasteiger charge is 2.22. The summed E-state index contributed by atoms with van der Waals surface area (Å²) in [5.74, 6) is 0. The standard InChI is InChI=1S/C13H21Cl2N3O2S/c1-9(8-18(3)4)17-21(19,20)13-5-10(7-16-2)11(14)6-12(13)15/h5-6,9,16-17H,7-8H2,1-4H3. The molecule has 1 aromatic carbocycles. The molecule has 0 saturated heterocycles. The summed E-state index contributed by atoms with van der Waals surface area (Å²) in [6.07, 6.45) is 0. The Labute approximate surface area is 136 Å². The van der Waals surface area contributed by atoms with Crippen LogP contribution in [-0.4, -0.2) is 47.0 Å². The maximum Gasteiger partial charge on any atom is 0.242 e. The van der Waals surface area contributed by atoms with E-state index in [0.717, 1.165) is 0 Å². The Bertz CT molecular complexity index is 591. The number of likely N-dealkylation sites (N-methyl/N-ethyl adjacent to an activating group) is 1. The number of halogens is 2. The zero-order valence-corrected chi connectivity index (χ0v) is 14.9. The fourth-order valence-corrected chi connectivity index (χ4v) is 4.12. The van der Waals surface area contributed by atoms with Crippen LogP contribution < -0.4 is 10.0 Å². The van der Waals surface area contributed by atoms with E-state index >= 15 is 0 Å². The molecule has 0 bridgehead atoms. The van der Waals surface area contributed by atoms with Gasteiger partial charge in [-0.1, -0.05) is 23.2 Å². The molecule has 5 nitrogen and oxygen atoms in total. The highest BCUT2D eigenvalue weighted by molar-refractivity contribution is 7.89. The van der Waals surface area contributed by atoms with Gasteiger partial charge in [0, 0.05) is 24.2 Å². The van der Waals surface area contributed by atoms with Crippen LogP contribution in [0.4, 0.5) is 0 Å². The van der Waals surface area contributed by atoms with Gasteiger partial charge in [-0.3, -0.25) is 0 Å². The first-order chi connectivity index (χ1) is 9.67. The molecule has 8 heteroatoms. The molecule has 0 aliphatic heterocycles. The summed E-state index contributed by atoms with van der Waals surface area (Å²) in [5.41, 5.74) is 0.684. The molecule has 0 aliphatic carbocycles. The molecule has 0 aromatic heterocycles. The Morgan fingerprint density at radius 3 is 2.38 bits per heavy atom. The minimum absolute atomic E-state index is 0.0458. The predicted molar refractivity (Wildman–Crippen MR) is 87.6 cm³/mol. The van der Waals surface area contributed by atoms with E-state index in [0.29, 0.717) is 23.7 Å². The van der Waals surface area contributed by atoms with Gasteiger partial charge in [-0.2, -0.15) is 0 Å². The molecule has 0 aliphatic rings. The first kappa shape index (κ1) is 18.7. The summed E-state index contributed by atoms with van der Waals surface area (Å²) < 4.78 is 27.5. The number of hydrogen-bond acceptors (Lipinski definition) is 4. The van der Waals surface area contributed by atoms with Gasteiger partial charge in [-0.25, -0.2) is 13.1 Å². The first-order valence-corrected chi connectivity index (χ1v) is 8.71. The van der Waals surface area contributed by atoms with Crippen molar-refractivity contribution in [3.63, 3.8) is 0 Å². The second-order valence-electron chi connectivity index (χ2n) is 5.19. The third kappa shape index (κ3) is 5.39. The molecular weight excluding hydrogens is 333 g/mol. The predicted octanol–water partition coefficient (Wildman–Crippen LogP) is 1.94. The van der Waals surface area contributed by atoms with Crippen LogP contribution in [-0.2, 0) is 16.6 Å². The van der Waals surface area contributed by atoms with Crippen molar-refractivity contribution in [1.82, 2.24) is 14.9 Å². The topological polar surface area (TPSA) is 61.4 Å². The van der Waals surface area contributed by atoms with Gasteiger partial charge in [-0.15, -0.1) is 0 Å². The van der Waals surface area contributed by atoms with Crippen LogP contribution in [0, 0.1) is 0 Å². The third-order valence-corrected chi connectivity index (χ3v) is 5.16. The van der Waals surface area contributed by atoms with E-state index in [1.165, 1.54) is 12.1 Å². The van der Waals surface area contributed by atoms with Crippen molar-refractivity contribution in [2.75, 3.05) is 27.7 Å². The average Bonchev–Trinajstić information content (AvgIpc) is 2.30. The summed E-state index contributed by atoms with van der Waals surface area (Å²) in [6.45, 7) is 2.86. The summed E-state index contributed by atoms with van der Waals surface area (Å²) in [7, 11) is 1.83. The molecule has 0 amide bonds. The summed E-state index contributed by atoms with van der Waals surface area (Å²) >= 11 is 12.1. The molecule has 1 aromatic rings. The van der Waals surface area contributed by atoms with Crippen molar-refractivity contribution >= 4 is 33.2 Å². The monoisotopic (exact) mass is 353 g/mol. The number of nitrogens with zero attached hydrogens (tertiary/aromatic N) is 1. The molecule has 0 heterocycles. The third-order valence-electron chi connectivity index (χ3n) is 2.75. The van der Waals surface area contributed by atoms with Gasteiger partial charge in [0.25, 0.3) is 0 Å². The number of rotatable bonds is 7. The van der Waals surface area contributed by atoms with Crippen molar-refractivity contribution < 1.29 is 8.42 Å². The largest absolute Gasteiger partial charge is 0.316 e. The van der Waals surface area contributed by atoms with E-state index in [9.17, 15) is 8.42 Å². The molecule has 0 radical (unpaired) electrons. The van der Waals surface area contributed by atoms with Crippen LogP contribution in [0.3, 0.4) is 0 Å². The summed E-state index contributed by atoms with van der Waals surface area (Å²) in [6, 6.07) is 2.73. The normalized spacial score (nSPS) is 13.7. The minimum Gasteiger partial charge on any atom is -0.316 e. The Morgan fingerprint density at radius 2 is 1.86 bits per heavy atom. The van der Waals surface area contributed by atoms with E-state index in [-0.39, 0.29) is 16.0 Å². The van der Waals surface area contributed by atoms with Crippen LogP contribution in [0.1, 0.15) is 12.5 Å². The fourth-order valence-electron chi connectivity index (χ4n) is 2.02. The Hall–Kier alpha value is -0.370. The molecular formula is C13H21Cl2N3O2S. The zero-order valence-electron chi connectivity index (χ0n) is 12.6.